The van der Waals surface area contributed by atoms with E-state index in [1.807, 2.05) is 25.2 Å². The summed E-state index contributed by atoms with van der Waals surface area (Å²) in [4.78, 5) is 19.3. The van der Waals surface area contributed by atoms with Crippen LogP contribution in [-0.4, -0.2) is 20.4 Å². The largest absolute Gasteiger partial charge is 0.457 e. The number of aromatic nitrogens is 3. The molecule has 1 amide bonds. The van der Waals surface area contributed by atoms with Crippen molar-refractivity contribution in [1.82, 2.24) is 14.5 Å². The van der Waals surface area contributed by atoms with Crippen LogP contribution in [0.3, 0.4) is 0 Å². The number of carbonyl (C=O) groups is 1. The van der Waals surface area contributed by atoms with Gasteiger partial charge in [-0.15, -0.1) is 0 Å². The lowest BCUT2D eigenvalue weighted by Crippen LogP contribution is -2.07. The second-order valence-corrected chi connectivity index (χ2v) is 5.09. The molecule has 0 aliphatic carbocycles. The van der Waals surface area contributed by atoms with Crippen LogP contribution < -0.4 is 10.1 Å². The van der Waals surface area contributed by atoms with E-state index in [0.717, 1.165) is 11.0 Å². The quantitative estimate of drug-likeness (QED) is 0.804. The summed E-state index contributed by atoms with van der Waals surface area (Å²) < 4.78 is 7.57. The van der Waals surface area contributed by atoms with Gasteiger partial charge in [-0.25, -0.2) is 9.97 Å². The molecule has 3 rings (SSSR count). The van der Waals surface area contributed by atoms with Crippen molar-refractivity contribution in [2.24, 2.45) is 7.05 Å². The van der Waals surface area contributed by atoms with E-state index in [9.17, 15) is 4.79 Å². The molecule has 0 fully saturated rings. The van der Waals surface area contributed by atoms with Gasteiger partial charge in [0, 0.05) is 32.3 Å². The number of hydrogen-bond donors (Lipinski definition) is 1. The SMILES string of the molecule is CC(=O)Nc1cc(Oc2ccc3nc(Cl)n(C)c3c2)ccn1. The lowest BCUT2D eigenvalue weighted by molar-refractivity contribution is -0.114. The Bertz CT molecular complexity index is 860. The number of carbonyl (C=O) groups excluding carboxylic acids is 1. The molecule has 22 heavy (non-hydrogen) atoms. The second-order valence-electron chi connectivity index (χ2n) is 4.75. The fraction of sp³-hybridized carbons (Fsp3) is 0.133. The summed E-state index contributed by atoms with van der Waals surface area (Å²) in [7, 11) is 1.84. The van der Waals surface area contributed by atoms with E-state index in [1.54, 1.807) is 22.9 Å². The topological polar surface area (TPSA) is 69.0 Å². The molecule has 0 unspecified atom stereocenters. The molecule has 0 bridgehead atoms. The number of nitrogens with zero attached hydrogens (tertiary/aromatic N) is 3. The highest BCUT2D eigenvalue weighted by atomic mass is 35.5. The summed E-state index contributed by atoms with van der Waals surface area (Å²) in [5.41, 5.74) is 1.67. The third-order valence-electron chi connectivity index (χ3n) is 3.07. The molecule has 112 valence electrons. The Labute approximate surface area is 131 Å². The number of anilines is 1. The molecule has 2 heterocycles. The highest BCUT2D eigenvalue weighted by Crippen LogP contribution is 2.27. The maximum Gasteiger partial charge on any atom is 0.222 e. The van der Waals surface area contributed by atoms with E-state index >= 15 is 0 Å². The Morgan fingerprint density at radius 3 is 2.82 bits per heavy atom. The molecule has 0 spiro atoms. The van der Waals surface area contributed by atoms with E-state index in [-0.39, 0.29) is 5.91 Å². The van der Waals surface area contributed by atoms with E-state index in [4.69, 9.17) is 16.3 Å². The van der Waals surface area contributed by atoms with Crippen LogP contribution in [0.1, 0.15) is 6.92 Å². The van der Waals surface area contributed by atoms with Gasteiger partial charge in [-0.3, -0.25) is 4.79 Å². The lowest BCUT2D eigenvalue weighted by Gasteiger charge is -2.07. The first-order valence-corrected chi connectivity index (χ1v) is 6.94. The molecular formula is C15H13ClN4O2. The third-order valence-corrected chi connectivity index (χ3v) is 3.41. The summed E-state index contributed by atoms with van der Waals surface area (Å²) in [6, 6.07) is 8.87. The summed E-state index contributed by atoms with van der Waals surface area (Å²) in [6.07, 6.45) is 1.57. The highest BCUT2D eigenvalue weighted by molar-refractivity contribution is 6.29. The van der Waals surface area contributed by atoms with Crippen LogP contribution >= 0.6 is 11.6 Å². The van der Waals surface area contributed by atoms with Crippen LogP contribution in [0.25, 0.3) is 11.0 Å². The zero-order valence-electron chi connectivity index (χ0n) is 12.0. The van der Waals surface area contributed by atoms with E-state index in [2.05, 4.69) is 15.3 Å². The predicted octanol–water partition coefficient (Wildman–Crippen LogP) is 3.37. The fourth-order valence-corrected chi connectivity index (χ4v) is 2.25. The molecule has 2 aromatic heterocycles. The van der Waals surface area contributed by atoms with Gasteiger partial charge in [-0.2, -0.15) is 0 Å². The van der Waals surface area contributed by atoms with Crippen molar-refractivity contribution in [3.05, 3.63) is 41.8 Å². The third kappa shape index (κ3) is 2.87. The number of halogens is 1. The van der Waals surface area contributed by atoms with Gasteiger partial charge in [0.25, 0.3) is 0 Å². The zero-order valence-corrected chi connectivity index (χ0v) is 12.8. The molecule has 0 aliphatic rings. The van der Waals surface area contributed by atoms with Crippen LogP contribution in [0.15, 0.2) is 36.5 Å². The first-order valence-electron chi connectivity index (χ1n) is 6.56. The number of pyridine rings is 1. The van der Waals surface area contributed by atoms with Gasteiger partial charge in [-0.05, 0) is 29.8 Å². The van der Waals surface area contributed by atoms with E-state index in [0.29, 0.717) is 22.6 Å². The smallest absolute Gasteiger partial charge is 0.222 e. The van der Waals surface area contributed by atoms with Gasteiger partial charge in [0.05, 0.1) is 11.0 Å². The maximum atomic E-state index is 11.1. The Hall–Kier alpha value is -2.60. The molecular weight excluding hydrogens is 304 g/mol. The molecule has 0 aliphatic heterocycles. The number of hydrogen-bond acceptors (Lipinski definition) is 4. The molecule has 0 saturated heterocycles. The van der Waals surface area contributed by atoms with Crippen LogP contribution in [0.5, 0.6) is 11.5 Å². The zero-order chi connectivity index (χ0) is 15.7. The number of nitrogens with one attached hydrogen (secondary N) is 1. The summed E-state index contributed by atoms with van der Waals surface area (Å²) in [5.74, 6) is 1.48. The van der Waals surface area contributed by atoms with Crippen LogP contribution in [-0.2, 0) is 11.8 Å². The van der Waals surface area contributed by atoms with Gasteiger partial charge >= 0.3 is 0 Å². The molecule has 6 nitrogen and oxygen atoms in total. The highest BCUT2D eigenvalue weighted by Gasteiger charge is 2.08. The van der Waals surface area contributed by atoms with Crippen molar-refractivity contribution >= 4 is 34.4 Å². The minimum absolute atomic E-state index is 0.185. The van der Waals surface area contributed by atoms with Gasteiger partial charge in [0.15, 0.2) is 0 Å². The molecule has 1 aromatic carbocycles. The molecule has 3 aromatic rings. The normalized spacial score (nSPS) is 10.7. The number of benzene rings is 1. The molecule has 0 saturated carbocycles. The maximum absolute atomic E-state index is 11.1. The molecule has 0 atom stereocenters. The minimum Gasteiger partial charge on any atom is -0.457 e. The monoisotopic (exact) mass is 316 g/mol. The average molecular weight is 317 g/mol. The fourth-order valence-electron chi connectivity index (χ4n) is 2.06. The van der Waals surface area contributed by atoms with Crippen LogP contribution in [0, 0.1) is 0 Å². The summed E-state index contributed by atoms with van der Waals surface area (Å²) in [5, 5.41) is 3.03. The first kappa shape index (κ1) is 14.3. The van der Waals surface area contributed by atoms with E-state index < -0.39 is 0 Å². The Kier molecular flexibility index (Phi) is 3.68. The van der Waals surface area contributed by atoms with Crippen LogP contribution in [0.4, 0.5) is 5.82 Å². The van der Waals surface area contributed by atoms with Gasteiger partial charge < -0.3 is 14.6 Å². The Morgan fingerprint density at radius 1 is 1.27 bits per heavy atom. The molecule has 1 N–H and O–H groups in total. The van der Waals surface area contributed by atoms with E-state index in [1.165, 1.54) is 6.92 Å². The van der Waals surface area contributed by atoms with Gasteiger partial charge in [0.2, 0.25) is 11.2 Å². The lowest BCUT2D eigenvalue weighted by atomic mass is 10.3. The Morgan fingerprint density at radius 2 is 2.05 bits per heavy atom. The summed E-state index contributed by atoms with van der Waals surface area (Å²) >= 11 is 6.00. The van der Waals surface area contributed by atoms with Crippen molar-refractivity contribution in [3.8, 4) is 11.5 Å². The number of rotatable bonds is 3. The molecule has 0 radical (unpaired) electrons. The first-order chi connectivity index (χ1) is 10.5. The van der Waals surface area contributed by atoms with Gasteiger partial charge in [-0.1, -0.05) is 0 Å². The Balaban J connectivity index is 1.89. The number of aryl methyl sites for hydroxylation is 1. The number of imidazole rings is 1. The van der Waals surface area contributed by atoms with Crippen molar-refractivity contribution in [1.29, 1.82) is 0 Å². The van der Waals surface area contributed by atoms with Crippen molar-refractivity contribution in [2.45, 2.75) is 6.92 Å². The van der Waals surface area contributed by atoms with Gasteiger partial charge in [0.1, 0.15) is 17.3 Å². The number of fused-ring (bicyclic) bond motifs is 1. The number of ether oxygens (including phenoxy) is 1. The van der Waals surface area contributed by atoms with Crippen molar-refractivity contribution in [3.63, 3.8) is 0 Å². The average Bonchev–Trinajstić information content (AvgIpc) is 2.74. The van der Waals surface area contributed by atoms with Crippen molar-refractivity contribution < 1.29 is 9.53 Å². The predicted molar refractivity (Wildman–Crippen MR) is 84.3 cm³/mol. The van der Waals surface area contributed by atoms with Crippen LogP contribution in [0.2, 0.25) is 5.28 Å². The summed E-state index contributed by atoms with van der Waals surface area (Å²) in [6.45, 7) is 1.43. The minimum atomic E-state index is -0.185. The second kappa shape index (κ2) is 5.65. The standard InChI is InChI=1S/C15H13ClN4O2/c1-9(21)18-14-8-11(5-6-17-14)22-10-3-4-12-13(7-10)20(2)15(16)19-12/h3-8H,1-2H3,(H,17,18,21). The molecule has 7 heteroatoms. The number of amides is 1. The van der Waals surface area contributed by atoms with Crippen molar-refractivity contribution in [2.75, 3.05) is 5.32 Å².